The van der Waals surface area contributed by atoms with Crippen molar-refractivity contribution in [2.75, 3.05) is 5.32 Å². The van der Waals surface area contributed by atoms with Crippen molar-refractivity contribution in [3.05, 3.63) is 54.1 Å². The molecule has 0 bridgehead atoms. The molecule has 2 aromatic carbocycles. The van der Waals surface area contributed by atoms with E-state index >= 15 is 0 Å². The number of benzene rings is 2. The van der Waals surface area contributed by atoms with E-state index in [0.29, 0.717) is 16.8 Å². The Kier molecular flexibility index (Phi) is 4.47. The van der Waals surface area contributed by atoms with Gasteiger partial charge in [-0.2, -0.15) is 18.4 Å². The number of alkyl halides is 3. The summed E-state index contributed by atoms with van der Waals surface area (Å²) in [4.78, 5) is 11.3. The van der Waals surface area contributed by atoms with Crippen molar-refractivity contribution in [1.82, 2.24) is 0 Å². The van der Waals surface area contributed by atoms with Crippen LogP contribution in [-0.4, -0.2) is 5.91 Å². The summed E-state index contributed by atoms with van der Waals surface area (Å²) >= 11 is 0. The van der Waals surface area contributed by atoms with Crippen LogP contribution in [0.15, 0.2) is 48.5 Å². The van der Waals surface area contributed by atoms with E-state index in [4.69, 9.17) is 5.26 Å². The lowest BCUT2D eigenvalue weighted by atomic mass is 10.0. The summed E-state index contributed by atoms with van der Waals surface area (Å²) in [5, 5.41) is 10.9. The summed E-state index contributed by atoms with van der Waals surface area (Å²) in [6, 6.07) is 13.1. The highest BCUT2D eigenvalue weighted by atomic mass is 19.4. The number of anilines is 1. The zero-order valence-corrected chi connectivity index (χ0v) is 11.3. The molecule has 0 radical (unpaired) electrons. The van der Waals surface area contributed by atoms with Crippen molar-refractivity contribution in [2.45, 2.75) is 12.6 Å². The second-order valence-corrected chi connectivity index (χ2v) is 4.54. The van der Waals surface area contributed by atoms with Crippen LogP contribution in [-0.2, 0) is 11.0 Å². The highest BCUT2D eigenvalue weighted by molar-refractivity contribution is 5.92. The Morgan fingerprint density at radius 1 is 1.09 bits per heavy atom. The number of carbonyl (C=O) groups excluding carboxylic acids is 1. The van der Waals surface area contributed by atoms with E-state index in [2.05, 4.69) is 5.32 Å². The Hall–Kier alpha value is -2.81. The maximum Gasteiger partial charge on any atom is 0.416 e. The quantitative estimate of drug-likeness (QED) is 0.922. The highest BCUT2D eigenvalue weighted by Gasteiger charge is 2.30. The molecule has 0 aliphatic rings. The fourth-order valence-electron chi connectivity index (χ4n) is 1.90. The zero-order chi connectivity index (χ0) is 16.2. The van der Waals surface area contributed by atoms with Crippen LogP contribution in [0, 0.1) is 11.3 Å². The lowest BCUT2D eigenvalue weighted by molar-refractivity contribution is -0.137. The highest BCUT2D eigenvalue weighted by Crippen LogP contribution is 2.32. The van der Waals surface area contributed by atoms with Crippen molar-refractivity contribution < 1.29 is 18.0 Å². The Balaban J connectivity index is 2.21. The molecule has 0 atom stereocenters. The van der Waals surface area contributed by atoms with Gasteiger partial charge in [-0.25, -0.2) is 0 Å². The number of nitrogens with zero attached hydrogens (tertiary/aromatic N) is 1. The van der Waals surface area contributed by atoms with Crippen molar-refractivity contribution in [2.24, 2.45) is 0 Å². The summed E-state index contributed by atoms with van der Waals surface area (Å²) in [5.41, 5.74) is 0.807. The molecule has 0 spiro atoms. The molecule has 0 aromatic heterocycles. The lowest BCUT2D eigenvalue weighted by Gasteiger charge is -2.09. The smallest absolute Gasteiger partial charge is 0.325 e. The Labute approximate surface area is 125 Å². The molecule has 6 heteroatoms. The molecule has 2 aromatic rings. The van der Waals surface area contributed by atoms with Gasteiger partial charge in [-0.05, 0) is 35.4 Å². The molecule has 1 N–H and O–H groups in total. The molecule has 0 saturated carbocycles. The first kappa shape index (κ1) is 15.6. The predicted molar refractivity (Wildman–Crippen MR) is 75.7 cm³/mol. The predicted octanol–water partition coefficient (Wildman–Crippen LogP) is 4.22. The number of carbonyl (C=O) groups is 1. The molecule has 0 unspecified atom stereocenters. The number of amides is 1. The van der Waals surface area contributed by atoms with E-state index in [1.54, 1.807) is 36.4 Å². The number of rotatable bonds is 3. The van der Waals surface area contributed by atoms with Crippen LogP contribution in [0.1, 0.15) is 12.0 Å². The van der Waals surface area contributed by atoms with Crippen molar-refractivity contribution in [1.29, 1.82) is 5.26 Å². The van der Waals surface area contributed by atoms with Gasteiger partial charge in [0.2, 0.25) is 5.91 Å². The number of halogens is 3. The summed E-state index contributed by atoms with van der Waals surface area (Å²) in [5.74, 6) is -0.436. The fourth-order valence-corrected chi connectivity index (χ4v) is 1.90. The summed E-state index contributed by atoms with van der Waals surface area (Å²) < 4.78 is 38.1. The average molecular weight is 304 g/mol. The van der Waals surface area contributed by atoms with Crippen LogP contribution in [0.5, 0.6) is 0 Å². The first-order valence-corrected chi connectivity index (χ1v) is 6.34. The number of nitriles is 1. The summed E-state index contributed by atoms with van der Waals surface area (Å²) in [6.07, 6.45) is -4.64. The maximum absolute atomic E-state index is 12.7. The van der Waals surface area contributed by atoms with Gasteiger partial charge in [0, 0.05) is 5.69 Å². The van der Waals surface area contributed by atoms with Gasteiger partial charge in [0.1, 0.15) is 6.42 Å². The van der Waals surface area contributed by atoms with Crippen LogP contribution in [0.25, 0.3) is 11.1 Å². The maximum atomic E-state index is 12.7. The monoisotopic (exact) mass is 304 g/mol. The molecule has 0 heterocycles. The van der Waals surface area contributed by atoms with Crippen molar-refractivity contribution >= 4 is 11.6 Å². The number of hydrogen-bond donors (Lipinski definition) is 1. The van der Waals surface area contributed by atoms with Gasteiger partial charge >= 0.3 is 6.18 Å². The molecule has 2 rings (SSSR count). The van der Waals surface area contributed by atoms with Gasteiger partial charge in [0.25, 0.3) is 0 Å². The third-order valence-corrected chi connectivity index (χ3v) is 2.93. The van der Waals surface area contributed by atoms with Crippen LogP contribution >= 0.6 is 0 Å². The minimum Gasteiger partial charge on any atom is -0.325 e. The summed E-state index contributed by atoms with van der Waals surface area (Å²) in [7, 11) is 0. The topological polar surface area (TPSA) is 52.9 Å². The van der Waals surface area contributed by atoms with Crippen LogP contribution in [0.3, 0.4) is 0 Å². The lowest BCUT2D eigenvalue weighted by Crippen LogP contribution is -2.09. The normalized spacial score (nSPS) is 10.8. The minimum absolute atomic E-state index is 0.255. The molecular weight excluding hydrogens is 293 g/mol. The van der Waals surface area contributed by atoms with E-state index in [9.17, 15) is 18.0 Å². The Morgan fingerprint density at radius 3 is 2.36 bits per heavy atom. The summed E-state index contributed by atoms with van der Waals surface area (Å²) in [6.45, 7) is 0. The van der Waals surface area contributed by atoms with E-state index in [-0.39, 0.29) is 6.42 Å². The third kappa shape index (κ3) is 3.85. The Morgan fingerprint density at radius 2 is 1.77 bits per heavy atom. The standard InChI is InChI=1S/C16H11F3N2O/c17-16(18,19)13-3-1-2-12(10-13)11-4-6-14(7-5-11)21-15(22)8-9-20/h1-7,10H,8H2,(H,21,22). The molecule has 0 saturated heterocycles. The molecule has 0 fully saturated rings. The van der Waals surface area contributed by atoms with Gasteiger partial charge < -0.3 is 5.32 Å². The van der Waals surface area contributed by atoms with Gasteiger partial charge in [-0.1, -0.05) is 24.3 Å². The van der Waals surface area contributed by atoms with Gasteiger partial charge in [0.05, 0.1) is 11.6 Å². The molecule has 0 aliphatic carbocycles. The minimum atomic E-state index is -4.39. The van der Waals surface area contributed by atoms with Crippen molar-refractivity contribution in [3.63, 3.8) is 0 Å². The van der Waals surface area contributed by atoms with E-state index in [1.165, 1.54) is 6.07 Å². The molecule has 112 valence electrons. The average Bonchev–Trinajstić information content (AvgIpc) is 2.47. The molecule has 0 aliphatic heterocycles. The van der Waals surface area contributed by atoms with Crippen LogP contribution < -0.4 is 5.32 Å². The molecule has 22 heavy (non-hydrogen) atoms. The van der Waals surface area contributed by atoms with Crippen LogP contribution in [0.2, 0.25) is 0 Å². The third-order valence-electron chi connectivity index (χ3n) is 2.93. The second kappa shape index (κ2) is 6.31. The second-order valence-electron chi connectivity index (χ2n) is 4.54. The zero-order valence-electron chi connectivity index (χ0n) is 11.3. The first-order chi connectivity index (χ1) is 10.4. The molecule has 1 amide bonds. The molecular formula is C16H11F3N2O. The molecule has 3 nitrogen and oxygen atoms in total. The Bertz CT molecular complexity index is 715. The van der Waals surface area contributed by atoms with Gasteiger partial charge in [-0.15, -0.1) is 0 Å². The SMILES string of the molecule is N#CCC(=O)Nc1ccc(-c2cccc(C(F)(F)F)c2)cc1. The van der Waals surface area contributed by atoms with Crippen LogP contribution in [0.4, 0.5) is 18.9 Å². The van der Waals surface area contributed by atoms with Crippen molar-refractivity contribution in [3.8, 4) is 17.2 Å². The van der Waals surface area contributed by atoms with Gasteiger partial charge in [0.15, 0.2) is 0 Å². The van der Waals surface area contributed by atoms with Gasteiger partial charge in [-0.3, -0.25) is 4.79 Å². The number of hydrogen-bond acceptors (Lipinski definition) is 2. The first-order valence-electron chi connectivity index (χ1n) is 6.34. The van der Waals surface area contributed by atoms with E-state index in [1.807, 2.05) is 0 Å². The van der Waals surface area contributed by atoms with E-state index in [0.717, 1.165) is 12.1 Å². The van der Waals surface area contributed by atoms with E-state index < -0.39 is 17.6 Å². The number of nitrogens with one attached hydrogen (secondary N) is 1. The largest absolute Gasteiger partial charge is 0.416 e. The fraction of sp³-hybridized carbons (Fsp3) is 0.125.